The molecule has 1 unspecified atom stereocenters. The Kier molecular flexibility index (Phi) is 0.817. The quantitative estimate of drug-likeness (QED) is 0.203. The van der Waals surface area contributed by atoms with Crippen LogP contribution < -0.4 is 5.32 Å². The molecule has 0 saturated carbocycles. The Morgan fingerprint density at radius 1 is 1.62 bits per heavy atom. The highest BCUT2D eigenvalue weighted by atomic mass is 16.5. The number of hydrogen-bond donors (Lipinski definition) is 4. The van der Waals surface area contributed by atoms with E-state index in [2.05, 4.69) is 0 Å². The van der Waals surface area contributed by atoms with Gasteiger partial charge in [-0.25, -0.2) is 0 Å². The molecule has 5 heteroatoms. The van der Waals surface area contributed by atoms with Crippen LogP contribution in [0.1, 0.15) is 0 Å². The molecule has 0 bridgehead atoms. The topological polar surface area (TPSA) is 89.8 Å². The first-order chi connectivity index (χ1) is 3.55. The number of amides is 1. The third-order valence-corrected chi connectivity index (χ3v) is 0.983. The Hall–Kier alpha value is -0.650. The average Bonchev–Trinajstić information content (AvgIpc) is 1.68. The predicted octanol–water partition coefficient (Wildman–Crippen LogP) is -2.88. The minimum Gasteiger partial charge on any atom is -0.368 e. The van der Waals surface area contributed by atoms with Crippen molar-refractivity contribution >= 4 is 5.91 Å². The molecule has 8 heavy (non-hydrogen) atoms. The van der Waals surface area contributed by atoms with Gasteiger partial charge < -0.3 is 20.6 Å². The van der Waals surface area contributed by atoms with Crippen LogP contribution in [0.4, 0.5) is 0 Å². The zero-order valence-corrected chi connectivity index (χ0v) is 3.83. The lowest BCUT2D eigenvalue weighted by Crippen LogP contribution is -2.72. The van der Waals surface area contributed by atoms with E-state index >= 15 is 0 Å². The van der Waals surface area contributed by atoms with Crippen molar-refractivity contribution in [3.05, 3.63) is 0 Å². The highest BCUT2D eigenvalue weighted by Gasteiger charge is 2.52. The highest BCUT2D eigenvalue weighted by molar-refractivity contribution is 5.89. The SMILES string of the molecule is O=C1NC(O)C1(O)O. The van der Waals surface area contributed by atoms with Gasteiger partial charge in [-0.3, -0.25) is 4.79 Å². The maximum atomic E-state index is 9.99. The monoisotopic (exact) mass is 119 g/mol. The fraction of sp³-hybridized carbons (Fsp3) is 0.667. The zero-order chi connectivity index (χ0) is 6.36. The molecule has 0 aromatic rings. The minimum absolute atomic E-state index is 0.968. The Morgan fingerprint density at radius 3 is 2.12 bits per heavy atom. The maximum absolute atomic E-state index is 9.99. The molecule has 1 atom stereocenters. The van der Waals surface area contributed by atoms with Gasteiger partial charge in [0.05, 0.1) is 0 Å². The summed E-state index contributed by atoms with van der Waals surface area (Å²) in [7, 11) is 0. The second-order valence-corrected chi connectivity index (χ2v) is 1.60. The van der Waals surface area contributed by atoms with Gasteiger partial charge in [-0.1, -0.05) is 0 Å². The van der Waals surface area contributed by atoms with Gasteiger partial charge in [0.15, 0.2) is 6.23 Å². The fourth-order valence-electron chi connectivity index (χ4n) is 0.377. The first-order valence-corrected chi connectivity index (χ1v) is 1.99. The van der Waals surface area contributed by atoms with Crippen LogP contribution in [-0.4, -0.2) is 33.2 Å². The van der Waals surface area contributed by atoms with E-state index in [1.54, 1.807) is 0 Å². The van der Waals surface area contributed by atoms with E-state index in [9.17, 15) is 4.79 Å². The highest BCUT2D eigenvalue weighted by Crippen LogP contribution is 2.13. The molecular formula is C3H5NO4. The Balaban J connectivity index is 2.66. The average molecular weight is 119 g/mol. The van der Waals surface area contributed by atoms with Gasteiger partial charge >= 0.3 is 0 Å². The minimum atomic E-state index is -2.56. The summed E-state index contributed by atoms with van der Waals surface area (Å²) in [6.07, 6.45) is -1.53. The van der Waals surface area contributed by atoms with Crippen LogP contribution >= 0.6 is 0 Å². The standard InChI is InChI=1S/C3H5NO4/c5-1-3(7,8)2(6)4-1/h1,5,7-8H,(H,4,6). The van der Waals surface area contributed by atoms with Crippen LogP contribution in [0.25, 0.3) is 0 Å². The number of β-lactam (4-membered cyclic amide) rings is 1. The number of aliphatic hydroxyl groups is 3. The third-order valence-electron chi connectivity index (χ3n) is 0.983. The second-order valence-electron chi connectivity index (χ2n) is 1.60. The molecular weight excluding hydrogens is 114 g/mol. The van der Waals surface area contributed by atoms with Gasteiger partial charge in [0.2, 0.25) is 0 Å². The van der Waals surface area contributed by atoms with Crippen LogP contribution in [0.2, 0.25) is 0 Å². The molecule has 0 aromatic heterocycles. The van der Waals surface area contributed by atoms with Gasteiger partial charge in [-0.05, 0) is 0 Å². The lowest BCUT2D eigenvalue weighted by atomic mass is 10.1. The second kappa shape index (κ2) is 1.19. The Labute approximate surface area is 44.6 Å². The summed E-state index contributed by atoms with van der Waals surface area (Å²) in [5, 5.41) is 26.8. The van der Waals surface area contributed by atoms with Gasteiger partial charge in [0.1, 0.15) is 0 Å². The summed E-state index contributed by atoms with van der Waals surface area (Å²) in [6.45, 7) is 0. The predicted molar refractivity (Wildman–Crippen MR) is 21.3 cm³/mol. The fourth-order valence-corrected chi connectivity index (χ4v) is 0.377. The lowest BCUT2D eigenvalue weighted by Gasteiger charge is -2.35. The number of carbonyl (C=O) groups excluding carboxylic acids is 1. The van der Waals surface area contributed by atoms with Gasteiger partial charge in [0, 0.05) is 0 Å². The summed E-state index contributed by atoms with van der Waals surface area (Å²) in [6, 6.07) is 0. The van der Waals surface area contributed by atoms with Crippen molar-refractivity contribution in [2.45, 2.75) is 12.0 Å². The van der Waals surface area contributed by atoms with Crippen molar-refractivity contribution in [2.24, 2.45) is 0 Å². The number of carbonyl (C=O) groups is 1. The summed E-state index contributed by atoms with van der Waals surface area (Å²) < 4.78 is 0. The first-order valence-electron chi connectivity index (χ1n) is 1.99. The largest absolute Gasteiger partial charge is 0.368 e. The Bertz CT molecular complexity index is 131. The van der Waals surface area contributed by atoms with E-state index in [0.29, 0.717) is 0 Å². The van der Waals surface area contributed by atoms with Crippen molar-refractivity contribution in [1.82, 2.24) is 5.32 Å². The van der Waals surface area contributed by atoms with Crippen LogP contribution in [0.3, 0.4) is 0 Å². The molecule has 1 aliphatic heterocycles. The van der Waals surface area contributed by atoms with Crippen LogP contribution in [0, 0.1) is 0 Å². The van der Waals surface area contributed by atoms with Crippen molar-refractivity contribution in [1.29, 1.82) is 0 Å². The molecule has 1 aliphatic rings. The van der Waals surface area contributed by atoms with Gasteiger partial charge in [0.25, 0.3) is 11.7 Å². The van der Waals surface area contributed by atoms with Gasteiger partial charge in [-0.2, -0.15) is 0 Å². The van der Waals surface area contributed by atoms with Crippen LogP contribution in [0.5, 0.6) is 0 Å². The number of aliphatic hydroxyl groups excluding tert-OH is 1. The zero-order valence-electron chi connectivity index (χ0n) is 3.83. The third kappa shape index (κ3) is 0.430. The number of hydrogen-bond acceptors (Lipinski definition) is 4. The van der Waals surface area contributed by atoms with E-state index in [-0.39, 0.29) is 0 Å². The molecule has 5 nitrogen and oxygen atoms in total. The maximum Gasteiger partial charge on any atom is 0.291 e. The molecule has 1 saturated heterocycles. The summed E-state index contributed by atoms with van der Waals surface area (Å²) >= 11 is 0. The van der Waals surface area contributed by atoms with E-state index in [1.807, 2.05) is 5.32 Å². The summed E-state index contributed by atoms with van der Waals surface area (Å²) in [5.41, 5.74) is 0. The normalized spacial score (nSPS) is 33.4. The van der Waals surface area contributed by atoms with Crippen molar-refractivity contribution in [3.8, 4) is 0 Å². The summed E-state index contributed by atoms with van der Waals surface area (Å²) in [5.74, 6) is -3.52. The molecule has 0 spiro atoms. The molecule has 4 N–H and O–H groups in total. The van der Waals surface area contributed by atoms with Crippen molar-refractivity contribution in [3.63, 3.8) is 0 Å². The van der Waals surface area contributed by atoms with E-state index in [0.717, 1.165) is 0 Å². The van der Waals surface area contributed by atoms with E-state index < -0.39 is 17.9 Å². The Morgan fingerprint density at radius 2 is 2.12 bits per heavy atom. The van der Waals surface area contributed by atoms with E-state index in [1.165, 1.54) is 0 Å². The van der Waals surface area contributed by atoms with Crippen LogP contribution in [-0.2, 0) is 4.79 Å². The molecule has 1 fully saturated rings. The molecule has 46 valence electrons. The number of nitrogens with one attached hydrogen (secondary N) is 1. The first kappa shape index (κ1) is 5.49. The van der Waals surface area contributed by atoms with Crippen molar-refractivity contribution in [2.75, 3.05) is 0 Å². The molecule has 0 aliphatic carbocycles. The molecule has 1 amide bonds. The van der Waals surface area contributed by atoms with E-state index in [4.69, 9.17) is 15.3 Å². The molecule has 1 heterocycles. The molecule has 0 radical (unpaired) electrons. The number of rotatable bonds is 0. The smallest absolute Gasteiger partial charge is 0.291 e. The molecule has 1 rings (SSSR count). The van der Waals surface area contributed by atoms with Gasteiger partial charge in [-0.15, -0.1) is 0 Å². The summed E-state index contributed by atoms with van der Waals surface area (Å²) in [4.78, 5) is 9.99. The lowest BCUT2D eigenvalue weighted by molar-refractivity contribution is -0.261. The van der Waals surface area contributed by atoms with Crippen LogP contribution in [0.15, 0.2) is 0 Å². The molecule has 0 aromatic carbocycles. The van der Waals surface area contributed by atoms with Crippen molar-refractivity contribution < 1.29 is 20.1 Å².